The average Bonchev–Trinajstić information content (AvgIpc) is 3.41. The standard InChI is InChI=1S/C21H22ClN5O/c1-26-20-13(11-24-26)9-14(10-23-20)21(28)25-15-7-8-27(12-15)19-6-5-16-17(19)3-2-4-18(16)22/h2-4,9-11,15,19H,5-8,12H2,1H3,(H,25,28). The van der Waals surface area contributed by atoms with E-state index in [0.717, 1.165) is 48.4 Å². The van der Waals surface area contributed by atoms with Crippen LogP contribution in [0.1, 0.15) is 40.4 Å². The maximum absolute atomic E-state index is 12.7. The van der Waals surface area contributed by atoms with Gasteiger partial charge in [0.15, 0.2) is 5.65 Å². The molecule has 1 saturated heterocycles. The lowest BCUT2D eigenvalue weighted by Gasteiger charge is -2.25. The maximum Gasteiger partial charge on any atom is 0.253 e. The minimum Gasteiger partial charge on any atom is -0.348 e. The first-order valence-corrected chi connectivity index (χ1v) is 10.1. The molecule has 2 aromatic heterocycles. The van der Waals surface area contributed by atoms with Crippen molar-refractivity contribution in [3.63, 3.8) is 0 Å². The third-order valence-electron chi connectivity index (χ3n) is 6.01. The van der Waals surface area contributed by atoms with Gasteiger partial charge in [0.2, 0.25) is 0 Å². The van der Waals surface area contributed by atoms with E-state index in [1.807, 2.05) is 25.2 Å². The largest absolute Gasteiger partial charge is 0.348 e. The van der Waals surface area contributed by atoms with Crippen LogP contribution >= 0.6 is 11.6 Å². The summed E-state index contributed by atoms with van der Waals surface area (Å²) in [5.41, 5.74) is 4.00. The molecule has 7 heteroatoms. The Balaban J connectivity index is 1.26. The number of amides is 1. The van der Waals surface area contributed by atoms with Gasteiger partial charge in [-0.15, -0.1) is 0 Å². The van der Waals surface area contributed by atoms with Crippen LogP contribution in [0.15, 0.2) is 36.7 Å². The summed E-state index contributed by atoms with van der Waals surface area (Å²) in [7, 11) is 1.84. The minimum atomic E-state index is -0.0695. The molecule has 0 saturated carbocycles. The molecule has 2 aliphatic rings. The van der Waals surface area contributed by atoms with Gasteiger partial charge in [0.05, 0.1) is 11.8 Å². The normalized spacial score (nSPS) is 21.9. The maximum atomic E-state index is 12.7. The number of hydrogen-bond acceptors (Lipinski definition) is 4. The second kappa shape index (κ2) is 6.87. The number of aromatic nitrogens is 3. The molecule has 5 rings (SSSR count). The summed E-state index contributed by atoms with van der Waals surface area (Å²) in [6.07, 6.45) is 6.45. The molecule has 2 atom stereocenters. The summed E-state index contributed by atoms with van der Waals surface area (Å²) in [6.45, 7) is 1.85. The number of benzene rings is 1. The monoisotopic (exact) mass is 395 g/mol. The highest BCUT2D eigenvalue weighted by atomic mass is 35.5. The van der Waals surface area contributed by atoms with E-state index in [1.165, 1.54) is 11.1 Å². The van der Waals surface area contributed by atoms with E-state index in [2.05, 4.69) is 26.4 Å². The van der Waals surface area contributed by atoms with Gasteiger partial charge in [-0.05, 0) is 42.5 Å². The van der Waals surface area contributed by atoms with Gasteiger partial charge in [-0.1, -0.05) is 23.7 Å². The van der Waals surface area contributed by atoms with Gasteiger partial charge in [0.25, 0.3) is 5.91 Å². The third-order valence-corrected chi connectivity index (χ3v) is 6.37. The van der Waals surface area contributed by atoms with E-state index in [0.29, 0.717) is 11.6 Å². The molecule has 0 radical (unpaired) electrons. The van der Waals surface area contributed by atoms with E-state index in [1.54, 1.807) is 17.1 Å². The molecule has 1 N–H and O–H groups in total. The molecule has 1 amide bonds. The quantitative estimate of drug-likeness (QED) is 0.740. The first-order valence-electron chi connectivity index (χ1n) is 9.70. The Kier molecular flexibility index (Phi) is 4.33. The number of rotatable bonds is 3. The lowest BCUT2D eigenvalue weighted by atomic mass is 10.1. The molecule has 1 fully saturated rings. The van der Waals surface area contributed by atoms with Crippen LogP contribution in [0.3, 0.4) is 0 Å². The molecule has 144 valence electrons. The fraction of sp³-hybridized carbons (Fsp3) is 0.381. The molecule has 6 nitrogen and oxygen atoms in total. The van der Waals surface area contributed by atoms with Crippen LogP contribution in [0.4, 0.5) is 0 Å². The van der Waals surface area contributed by atoms with Crippen LogP contribution in [0, 0.1) is 0 Å². The highest BCUT2D eigenvalue weighted by molar-refractivity contribution is 6.31. The van der Waals surface area contributed by atoms with Crippen molar-refractivity contribution in [2.75, 3.05) is 13.1 Å². The zero-order valence-electron chi connectivity index (χ0n) is 15.7. The summed E-state index contributed by atoms with van der Waals surface area (Å²) >= 11 is 6.36. The van der Waals surface area contributed by atoms with Gasteiger partial charge in [-0.3, -0.25) is 14.4 Å². The lowest BCUT2D eigenvalue weighted by molar-refractivity contribution is 0.0936. The molecule has 1 aromatic carbocycles. The lowest BCUT2D eigenvalue weighted by Crippen LogP contribution is -2.37. The van der Waals surface area contributed by atoms with Crippen LogP contribution in [0.5, 0.6) is 0 Å². The number of nitrogens with one attached hydrogen (secondary N) is 1. The summed E-state index contributed by atoms with van der Waals surface area (Å²) in [4.78, 5) is 19.6. The molecule has 3 heterocycles. The Morgan fingerprint density at radius 1 is 1.29 bits per heavy atom. The smallest absolute Gasteiger partial charge is 0.253 e. The number of aryl methyl sites for hydroxylation is 1. The molecule has 0 bridgehead atoms. The van der Waals surface area contributed by atoms with Crippen LogP contribution in [0.25, 0.3) is 11.0 Å². The zero-order valence-corrected chi connectivity index (χ0v) is 16.5. The highest BCUT2D eigenvalue weighted by Gasteiger charge is 2.34. The fourth-order valence-corrected chi connectivity index (χ4v) is 4.87. The number of hydrogen-bond donors (Lipinski definition) is 1. The average molecular weight is 396 g/mol. The van der Waals surface area contributed by atoms with Gasteiger partial charge in [0.1, 0.15) is 0 Å². The SMILES string of the molecule is Cn1ncc2cc(C(=O)NC3CCN(C4CCc5c(Cl)cccc54)C3)cnc21. The van der Waals surface area contributed by atoms with Gasteiger partial charge >= 0.3 is 0 Å². The molecule has 3 aromatic rings. The van der Waals surface area contributed by atoms with Crippen LogP contribution in [-0.2, 0) is 13.5 Å². The number of likely N-dealkylation sites (tertiary alicyclic amines) is 1. The Hall–Kier alpha value is -2.44. The van der Waals surface area contributed by atoms with Crippen molar-refractivity contribution in [2.45, 2.75) is 31.3 Å². The van der Waals surface area contributed by atoms with Gasteiger partial charge in [0, 0.05) is 48.8 Å². The predicted molar refractivity (Wildman–Crippen MR) is 108 cm³/mol. The molecule has 1 aliphatic carbocycles. The van der Waals surface area contributed by atoms with Crippen molar-refractivity contribution in [3.8, 4) is 0 Å². The second-order valence-corrected chi connectivity index (χ2v) is 8.13. The molecular formula is C21H22ClN5O. The molecule has 2 unspecified atom stereocenters. The number of pyridine rings is 1. The van der Waals surface area contributed by atoms with Crippen molar-refractivity contribution in [2.24, 2.45) is 7.05 Å². The Morgan fingerprint density at radius 3 is 3.07 bits per heavy atom. The summed E-state index contributed by atoms with van der Waals surface area (Å²) < 4.78 is 1.71. The van der Waals surface area contributed by atoms with Gasteiger partial charge in [-0.25, -0.2) is 4.98 Å². The Morgan fingerprint density at radius 2 is 2.18 bits per heavy atom. The van der Waals surface area contributed by atoms with E-state index in [4.69, 9.17) is 11.6 Å². The summed E-state index contributed by atoms with van der Waals surface area (Å²) in [6, 6.07) is 8.62. The first kappa shape index (κ1) is 17.6. The minimum absolute atomic E-state index is 0.0695. The van der Waals surface area contributed by atoms with E-state index in [9.17, 15) is 4.79 Å². The van der Waals surface area contributed by atoms with E-state index < -0.39 is 0 Å². The van der Waals surface area contributed by atoms with Crippen molar-refractivity contribution >= 4 is 28.5 Å². The fourth-order valence-electron chi connectivity index (χ4n) is 4.59. The number of carbonyl (C=O) groups is 1. The Labute approximate surface area is 168 Å². The summed E-state index contributed by atoms with van der Waals surface area (Å²) in [5.74, 6) is -0.0695. The van der Waals surface area contributed by atoms with E-state index >= 15 is 0 Å². The number of fused-ring (bicyclic) bond motifs is 2. The molecule has 1 aliphatic heterocycles. The van der Waals surface area contributed by atoms with Crippen LogP contribution in [-0.4, -0.2) is 44.7 Å². The van der Waals surface area contributed by atoms with Crippen molar-refractivity contribution < 1.29 is 4.79 Å². The second-order valence-electron chi connectivity index (χ2n) is 7.72. The number of halogens is 1. The molecule has 0 spiro atoms. The summed E-state index contributed by atoms with van der Waals surface area (Å²) in [5, 5.41) is 9.12. The van der Waals surface area contributed by atoms with E-state index in [-0.39, 0.29) is 11.9 Å². The predicted octanol–water partition coefficient (Wildman–Crippen LogP) is 3.11. The third kappa shape index (κ3) is 2.97. The van der Waals surface area contributed by atoms with Crippen LogP contribution in [0.2, 0.25) is 5.02 Å². The topological polar surface area (TPSA) is 63.1 Å². The molecular weight excluding hydrogens is 374 g/mol. The molecule has 28 heavy (non-hydrogen) atoms. The van der Waals surface area contributed by atoms with Crippen molar-refractivity contribution in [1.82, 2.24) is 25.0 Å². The van der Waals surface area contributed by atoms with Crippen molar-refractivity contribution in [3.05, 3.63) is 58.4 Å². The Bertz CT molecular complexity index is 1060. The first-order chi connectivity index (χ1) is 13.6. The zero-order chi connectivity index (χ0) is 19.3. The van der Waals surface area contributed by atoms with Gasteiger partial charge in [-0.2, -0.15) is 5.10 Å². The number of carbonyl (C=O) groups excluding carboxylic acids is 1. The number of nitrogens with zero attached hydrogens (tertiary/aromatic N) is 4. The highest BCUT2D eigenvalue weighted by Crippen LogP contribution is 2.40. The van der Waals surface area contributed by atoms with Crippen LogP contribution < -0.4 is 5.32 Å². The van der Waals surface area contributed by atoms with Gasteiger partial charge < -0.3 is 5.32 Å². The van der Waals surface area contributed by atoms with Crippen molar-refractivity contribution in [1.29, 1.82) is 0 Å².